The third kappa shape index (κ3) is 1.19. The van der Waals surface area contributed by atoms with Crippen molar-refractivity contribution in [2.24, 2.45) is 0 Å². The van der Waals surface area contributed by atoms with Gasteiger partial charge >= 0.3 is 5.97 Å². The van der Waals surface area contributed by atoms with Gasteiger partial charge in [0.1, 0.15) is 5.69 Å². The van der Waals surface area contributed by atoms with Crippen LogP contribution in [-0.4, -0.2) is 24.6 Å². The first-order valence-corrected chi connectivity index (χ1v) is 5.26. The number of aromatic nitrogens is 1. The number of aromatic amines is 1. The summed E-state index contributed by atoms with van der Waals surface area (Å²) in [5, 5.41) is 4.43. The number of esters is 1. The molecule has 82 valence electrons. The molecule has 4 heteroatoms. The maximum atomic E-state index is 11.4. The Balaban J connectivity index is 2.21. The molecule has 0 saturated carbocycles. The quantitative estimate of drug-likeness (QED) is 0.716. The third-order valence-corrected chi connectivity index (χ3v) is 3.01. The summed E-state index contributed by atoms with van der Waals surface area (Å²) >= 11 is 0. The number of H-pyrrole nitrogens is 1. The number of nitrogens with one attached hydrogen (secondary N) is 2. The van der Waals surface area contributed by atoms with Crippen molar-refractivity contribution in [3.8, 4) is 0 Å². The molecule has 3 rings (SSSR count). The number of carbonyl (C=O) groups excluding carboxylic acids is 1. The summed E-state index contributed by atoms with van der Waals surface area (Å²) in [5.41, 5.74) is 3.95. The summed E-state index contributed by atoms with van der Waals surface area (Å²) < 4.78 is 4.70. The van der Waals surface area contributed by atoms with Crippen LogP contribution in [0.5, 0.6) is 0 Å². The lowest BCUT2D eigenvalue weighted by molar-refractivity contribution is 0.0595. The van der Waals surface area contributed by atoms with Crippen LogP contribution in [0.2, 0.25) is 0 Å². The van der Waals surface area contributed by atoms with Gasteiger partial charge in [-0.2, -0.15) is 0 Å². The number of benzene rings is 1. The molecular weight excluding hydrogens is 204 g/mol. The van der Waals surface area contributed by atoms with Gasteiger partial charge in [-0.25, -0.2) is 4.79 Å². The Kier molecular flexibility index (Phi) is 1.89. The second-order valence-corrected chi connectivity index (χ2v) is 3.90. The Morgan fingerprint density at radius 1 is 1.44 bits per heavy atom. The fourth-order valence-electron chi connectivity index (χ4n) is 2.24. The molecule has 0 bridgehead atoms. The highest BCUT2D eigenvalue weighted by Crippen LogP contribution is 2.30. The summed E-state index contributed by atoms with van der Waals surface area (Å²) in [6.07, 6.45) is 1.01. The average molecular weight is 216 g/mol. The first kappa shape index (κ1) is 9.27. The Morgan fingerprint density at radius 2 is 2.31 bits per heavy atom. The van der Waals surface area contributed by atoms with Crippen LogP contribution in [0.15, 0.2) is 18.2 Å². The summed E-state index contributed by atoms with van der Waals surface area (Å²) in [4.78, 5) is 14.5. The van der Waals surface area contributed by atoms with Gasteiger partial charge in [-0.15, -0.1) is 0 Å². The van der Waals surface area contributed by atoms with E-state index in [2.05, 4.69) is 10.3 Å². The molecule has 0 aliphatic carbocycles. The molecule has 1 aromatic carbocycles. The number of carbonyl (C=O) groups is 1. The Labute approximate surface area is 92.6 Å². The molecule has 0 saturated heterocycles. The molecule has 4 nitrogen and oxygen atoms in total. The standard InChI is InChI=1S/C12H12N2O2/c1-16-12(15)11-6-8-7-4-5-13-9(7)2-3-10(8)14-11/h2-3,6,13-14H,4-5H2,1H3. The molecule has 0 fully saturated rings. The first-order valence-electron chi connectivity index (χ1n) is 5.26. The van der Waals surface area contributed by atoms with Crippen LogP contribution in [0.4, 0.5) is 5.69 Å². The molecule has 2 N–H and O–H groups in total. The van der Waals surface area contributed by atoms with Crippen LogP contribution in [0.1, 0.15) is 16.1 Å². The second-order valence-electron chi connectivity index (χ2n) is 3.90. The van der Waals surface area contributed by atoms with Crippen molar-refractivity contribution in [1.29, 1.82) is 0 Å². The maximum Gasteiger partial charge on any atom is 0.354 e. The van der Waals surface area contributed by atoms with Crippen molar-refractivity contribution in [2.75, 3.05) is 19.0 Å². The van der Waals surface area contributed by atoms with Crippen LogP contribution in [0, 0.1) is 0 Å². The normalized spacial score (nSPS) is 13.6. The highest BCUT2D eigenvalue weighted by atomic mass is 16.5. The molecule has 2 aromatic rings. The van der Waals surface area contributed by atoms with Crippen molar-refractivity contribution in [2.45, 2.75) is 6.42 Å². The molecule has 2 heterocycles. The minimum Gasteiger partial charge on any atom is -0.464 e. The van der Waals surface area contributed by atoms with Gasteiger partial charge in [0.15, 0.2) is 0 Å². The van der Waals surface area contributed by atoms with Gasteiger partial charge in [0.2, 0.25) is 0 Å². The minimum absolute atomic E-state index is 0.323. The molecule has 0 spiro atoms. The van der Waals surface area contributed by atoms with E-state index in [0.717, 1.165) is 23.9 Å². The monoisotopic (exact) mass is 216 g/mol. The van der Waals surface area contributed by atoms with Crippen molar-refractivity contribution in [3.63, 3.8) is 0 Å². The third-order valence-electron chi connectivity index (χ3n) is 3.01. The van der Waals surface area contributed by atoms with Crippen molar-refractivity contribution >= 4 is 22.6 Å². The number of fused-ring (bicyclic) bond motifs is 3. The van der Waals surface area contributed by atoms with E-state index in [-0.39, 0.29) is 5.97 Å². The van der Waals surface area contributed by atoms with Crippen LogP contribution in [0.3, 0.4) is 0 Å². The van der Waals surface area contributed by atoms with Gasteiger partial charge < -0.3 is 15.0 Å². The lowest BCUT2D eigenvalue weighted by atomic mass is 10.1. The zero-order chi connectivity index (χ0) is 11.1. The number of methoxy groups -OCH3 is 1. The number of rotatable bonds is 1. The van der Waals surface area contributed by atoms with E-state index in [4.69, 9.17) is 4.74 Å². The summed E-state index contributed by atoms with van der Waals surface area (Å²) in [7, 11) is 1.39. The lowest BCUT2D eigenvalue weighted by Crippen LogP contribution is -2.00. The summed E-state index contributed by atoms with van der Waals surface area (Å²) in [5.74, 6) is -0.323. The fourth-order valence-corrected chi connectivity index (χ4v) is 2.24. The first-order chi connectivity index (χ1) is 7.79. The van der Waals surface area contributed by atoms with Crippen LogP contribution < -0.4 is 5.32 Å². The smallest absolute Gasteiger partial charge is 0.354 e. The zero-order valence-electron chi connectivity index (χ0n) is 8.96. The predicted octanol–water partition coefficient (Wildman–Crippen LogP) is 1.92. The highest BCUT2D eigenvalue weighted by molar-refractivity contribution is 5.98. The van der Waals surface area contributed by atoms with E-state index in [1.165, 1.54) is 18.4 Å². The fraction of sp³-hybridized carbons (Fsp3) is 0.250. The Hall–Kier alpha value is -1.97. The average Bonchev–Trinajstić information content (AvgIpc) is 2.92. The Morgan fingerprint density at radius 3 is 3.12 bits per heavy atom. The Bertz CT molecular complexity index is 572. The number of hydrogen-bond donors (Lipinski definition) is 2. The predicted molar refractivity (Wildman–Crippen MR) is 61.8 cm³/mol. The molecular formula is C12H12N2O2. The van der Waals surface area contributed by atoms with Crippen molar-refractivity contribution < 1.29 is 9.53 Å². The van der Waals surface area contributed by atoms with Crippen LogP contribution in [0.25, 0.3) is 10.9 Å². The van der Waals surface area contributed by atoms with Crippen molar-refractivity contribution in [1.82, 2.24) is 4.98 Å². The van der Waals surface area contributed by atoms with E-state index in [0.29, 0.717) is 5.69 Å². The highest BCUT2D eigenvalue weighted by Gasteiger charge is 2.17. The molecule has 1 aromatic heterocycles. The lowest BCUT2D eigenvalue weighted by Gasteiger charge is -1.99. The molecule has 1 aliphatic rings. The number of anilines is 1. The molecule has 0 unspecified atom stereocenters. The summed E-state index contributed by atoms with van der Waals surface area (Å²) in [6.45, 7) is 0.965. The van der Waals surface area contributed by atoms with Crippen LogP contribution >= 0.6 is 0 Å². The maximum absolute atomic E-state index is 11.4. The van der Waals surface area contributed by atoms with E-state index in [1.807, 2.05) is 18.2 Å². The van der Waals surface area contributed by atoms with Gasteiger partial charge in [0, 0.05) is 23.1 Å². The van der Waals surface area contributed by atoms with Gasteiger partial charge in [0.25, 0.3) is 0 Å². The number of hydrogen-bond acceptors (Lipinski definition) is 3. The van der Waals surface area contributed by atoms with Crippen molar-refractivity contribution in [3.05, 3.63) is 29.5 Å². The van der Waals surface area contributed by atoms with Gasteiger partial charge in [-0.1, -0.05) is 0 Å². The molecule has 0 atom stereocenters. The molecule has 16 heavy (non-hydrogen) atoms. The topological polar surface area (TPSA) is 54.1 Å². The van der Waals surface area contributed by atoms with E-state index < -0.39 is 0 Å². The van der Waals surface area contributed by atoms with Crippen LogP contribution in [-0.2, 0) is 11.2 Å². The molecule has 0 amide bonds. The van der Waals surface area contributed by atoms with Gasteiger partial charge in [0.05, 0.1) is 7.11 Å². The van der Waals surface area contributed by atoms with E-state index in [1.54, 1.807) is 0 Å². The minimum atomic E-state index is -0.323. The molecule has 0 radical (unpaired) electrons. The molecule has 1 aliphatic heterocycles. The van der Waals surface area contributed by atoms with E-state index in [9.17, 15) is 4.79 Å². The second kappa shape index (κ2) is 3.27. The zero-order valence-corrected chi connectivity index (χ0v) is 8.96. The number of ether oxygens (including phenoxy) is 1. The van der Waals surface area contributed by atoms with Gasteiger partial charge in [-0.3, -0.25) is 0 Å². The largest absolute Gasteiger partial charge is 0.464 e. The SMILES string of the molecule is COC(=O)c1cc2c3c(ccc2[nH]1)NCC3. The van der Waals surface area contributed by atoms with E-state index >= 15 is 0 Å². The van der Waals surface area contributed by atoms with Gasteiger partial charge in [-0.05, 0) is 30.2 Å². The summed E-state index contributed by atoms with van der Waals surface area (Å²) in [6, 6.07) is 5.90.